The Hall–Kier alpha value is -2.26. The van der Waals surface area contributed by atoms with Gasteiger partial charge in [0.1, 0.15) is 0 Å². The molecule has 1 unspecified atom stereocenters. The van der Waals surface area contributed by atoms with E-state index in [0.717, 1.165) is 17.0 Å². The molecular formula is C28H34. The molecule has 0 saturated heterocycles. The first-order valence-corrected chi connectivity index (χ1v) is 11.2. The fraction of sp³-hybridized carbons (Fsp3) is 0.429. The zero-order chi connectivity index (χ0) is 19.6. The van der Waals surface area contributed by atoms with Crippen molar-refractivity contribution in [3.05, 3.63) is 76.9 Å². The Morgan fingerprint density at radius 2 is 1.46 bits per heavy atom. The summed E-state index contributed by atoms with van der Waals surface area (Å²) in [5.74, 6) is 7.52. The summed E-state index contributed by atoms with van der Waals surface area (Å²) in [4.78, 5) is 0. The van der Waals surface area contributed by atoms with Crippen LogP contribution in [0.1, 0.15) is 87.5 Å². The SMILES string of the molecule is CCCCc1ccc(C#Cc2ccc(C3=CCC(CCCC)CC3)cc2)cc1. The first kappa shape index (κ1) is 20.5. The number of hydrogen-bond donors (Lipinski definition) is 0. The van der Waals surface area contributed by atoms with Crippen LogP contribution in [0.4, 0.5) is 0 Å². The lowest BCUT2D eigenvalue weighted by atomic mass is 9.84. The van der Waals surface area contributed by atoms with E-state index in [1.165, 1.54) is 74.5 Å². The van der Waals surface area contributed by atoms with E-state index in [9.17, 15) is 0 Å². The van der Waals surface area contributed by atoms with E-state index in [0.29, 0.717) is 0 Å². The number of hydrogen-bond acceptors (Lipinski definition) is 0. The van der Waals surface area contributed by atoms with Crippen molar-refractivity contribution in [1.82, 2.24) is 0 Å². The summed E-state index contributed by atoms with van der Waals surface area (Å²) in [5.41, 5.74) is 6.50. The van der Waals surface area contributed by atoms with Crippen molar-refractivity contribution in [1.29, 1.82) is 0 Å². The fourth-order valence-corrected chi connectivity index (χ4v) is 3.95. The third kappa shape index (κ3) is 6.13. The van der Waals surface area contributed by atoms with Gasteiger partial charge in [0.2, 0.25) is 0 Å². The highest BCUT2D eigenvalue weighted by molar-refractivity contribution is 5.67. The zero-order valence-corrected chi connectivity index (χ0v) is 17.6. The predicted octanol–water partition coefficient (Wildman–Crippen LogP) is 7.80. The number of benzene rings is 2. The van der Waals surface area contributed by atoms with Crippen molar-refractivity contribution in [2.75, 3.05) is 0 Å². The number of unbranched alkanes of at least 4 members (excludes halogenated alkanes) is 2. The van der Waals surface area contributed by atoms with E-state index in [2.05, 4.69) is 80.3 Å². The van der Waals surface area contributed by atoms with Crippen molar-refractivity contribution in [3.8, 4) is 11.8 Å². The van der Waals surface area contributed by atoms with Gasteiger partial charge in [0.25, 0.3) is 0 Å². The minimum Gasteiger partial charge on any atom is -0.0804 e. The van der Waals surface area contributed by atoms with Crippen molar-refractivity contribution in [2.45, 2.75) is 71.6 Å². The predicted molar refractivity (Wildman–Crippen MR) is 122 cm³/mol. The molecular weight excluding hydrogens is 336 g/mol. The summed E-state index contributed by atoms with van der Waals surface area (Å²) in [6, 6.07) is 17.6. The highest BCUT2D eigenvalue weighted by Crippen LogP contribution is 2.32. The van der Waals surface area contributed by atoms with Gasteiger partial charge in [-0.3, -0.25) is 0 Å². The minimum absolute atomic E-state index is 0.905. The first-order chi connectivity index (χ1) is 13.8. The minimum atomic E-state index is 0.905. The zero-order valence-electron chi connectivity index (χ0n) is 17.6. The fourth-order valence-electron chi connectivity index (χ4n) is 3.95. The van der Waals surface area contributed by atoms with Gasteiger partial charge in [-0.05, 0) is 79.0 Å². The molecule has 0 spiro atoms. The van der Waals surface area contributed by atoms with Gasteiger partial charge in [0.05, 0.1) is 0 Å². The van der Waals surface area contributed by atoms with E-state index < -0.39 is 0 Å². The number of aryl methyl sites for hydroxylation is 1. The molecule has 0 bridgehead atoms. The molecule has 0 heterocycles. The Morgan fingerprint density at radius 3 is 2.04 bits per heavy atom. The molecule has 28 heavy (non-hydrogen) atoms. The molecule has 0 amide bonds. The molecule has 146 valence electrons. The van der Waals surface area contributed by atoms with Gasteiger partial charge >= 0.3 is 0 Å². The maximum atomic E-state index is 3.31. The summed E-state index contributed by atoms with van der Waals surface area (Å²) < 4.78 is 0. The van der Waals surface area contributed by atoms with Crippen LogP contribution in [0.3, 0.4) is 0 Å². The molecule has 0 aromatic heterocycles. The van der Waals surface area contributed by atoms with Gasteiger partial charge < -0.3 is 0 Å². The van der Waals surface area contributed by atoms with E-state index in [4.69, 9.17) is 0 Å². The lowest BCUT2D eigenvalue weighted by molar-refractivity contribution is 0.434. The van der Waals surface area contributed by atoms with Crippen LogP contribution in [0.25, 0.3) is 5.57 Å². The molecule has 0 saturated carbocycles. The molecule has 3 rings (SSSR count). The van der Waals surface area contributed by atoms with Crippen molar-refractivity contribution < 1.29 is 0 Å². The average Bonchev–Trinajstić information content (AvgIpc) is 2.76. The summed E-state index contributed by atoms with van der Waals surface area (Å²) >= 11 is 0. The van der Waals surface area contributed by atoms with Crippen LogP contribution in [0.2, 0.25) is 0 Å². The van der Waals surface area contributed by atoms with Gasteiger partial charge in [0, 0.05) is 11.1 Å². The highest BCUT2D eigenvalue weighted by Gasteiger charge is 2.14. The van der Waals surface area contributed by atoms with Crippen molar-refractivity contribution in [2.24, 2.45) is 5.92 Å². The van der Waals surface area contributed by atoms with Gasteiger partial charge in [-0.25, -0.2) is 0 Å². The Labute approximate surface area is 172 Å². The Kier molecular flexibility index (Phi) is 7.98. The van der Waals surface area contributed by atoms with Crippen molar-refractivity contribution >= 4 is 5.57 Å². The number of rotatable bonds is 7. The second kappa shape index (κ2) is 10.9. The molecule has 1 aliphatic rings. The van der Waals surface area contributed by atoms with Crippen LogP contribution < -0.4 is 0 Å². The van der Waals surface area contributed by atoms with E-state index in [-0.39, 0.29) is 0 Å². The second-order valence-corrected chi connectivity index (χ2v) is 8.14. The largest absolute Gasteiger partial charge is 0.0804 e. The maximum absolute atomic E-state index is 3.31. The lowest BCUT2D eigenvalue weighted by Gasteiger charge is -2.22. The normalized spacial score (nSPS) is 16.2. The van der Waals surface area contributed by atoms with Gasteiger partial charge in [-0.1, -0.05) is 81.7 Å². The van der Waals surface area contributed by atoms with Crippen LogP contribution in [-0.4, -0.2) is 0 Å². The molecule has 0 aliphatic heterocycles. The van der Waals surface area contributed by atoms with Crippen LogP contribution in [-0.2, 0) is 6.42 Å². The summed E-state index contributed by atoms with van der Waals surface area (Å²) in [6.45, 7) is 4.53. The Balaban J connectivity index is 1.58. The molecule has 0 radical (unpaired) electrons. The maximum Gasteiger partial charge on any atom is 0.0249 e. The molecule has 1 atom stereocenters. The van der Waals surface area contributed by atoms with Gasteiger partial charge in [-0.2, -0.15) is 0 Å². The summed E-state index contributed by atoms with van der Waals surface area (Å²) in [5, 5.41) is 0. The molecule has 0 N–H and O–H groups in total. The molecule has 1 aliphatic carbocycles. The topological polar surface area (TPSA) is 0 Å². The van der Waals surface area contributed by atoms with Crippen LogP contribution >= 0.6 is 0 Å². The van der Waals surface area contributed by atoms with E-state index >= 15 is 0 Å². The monoisotopic (exact) mass is 370 g/mol. The van der Waals surface area contributed by atoms with Crippen LogP contribution in [0, 0.1) is 17.8 Å². The molecule has 0 heteroatoms. The van der Waals surface area contributed by atoms with Crippen LogP contribution in [0.15, 0.2) is 54.6 Å². The third-order valence-corrected chi connectivity index (χ3v) is 5.87. The van der Waals surface area contributed by atoms with Crippen molar-refractivity contribution in [3.63, 3.8) is 0 Å². The second-order valence-electron chi connectivity index (χ2n) is 8.14. The highest BCUT2D eigenvalue weighted by atomic mass is 14.2. The van der Waals surface area contributed by atoms with Crippen LogP contribution in [0.5, 0.6) is 0 Å². The quantitative estimate of drug-likeness (QED) is 0.436. The van der Waals surface area contributed by atoms with Gasteiger partial charge in [-0.15, -0.1) is 0 Å². The standard InChI is InChI=1S/C28H34/c1-3-5-7-23-9-11-25(12-10-23)13-14-26-17-21-28(22-18-26)27-19-15-24(16-20-27)8-6-4-2/h9-12,17-19,21-22,24H,3-8,15-16,20H2,1-2H3. The first-order valence-electron chi connectivity index (χ1n) is 11.2. The summed E-state index contributed by atoms with van der Waals surface area (Å²) in [7, 11) is 0. The molecule has 0 nitrogen and oxygen atoms in total. The molecule has 2 aromatic rings. The molecule has 2 aromatic carbocycles. The third-order valence-electron chi connectivity index (χ3n) is 5.87. The Morgan fingerprint density at radius 1 is 0.821 bits per heavy atom. The van der Waals surface area contributed by atoms with Gasteiger partial charge in [0.15, 0.2) is 0 Å². The summed E-state index contributed by atoms with van der Waals surface area (Å²) in [6.07, 6.45) is 14.1. The van der Waals surface area contributed by atoms with E-state index in [1.54, 1.807) is 0 Å². The lowest BCUT2D eigenvalue weighted by Crippen LogP contribution is -2.05. The Bertz CT molecular complexity index is 809. The molecule has 0 fully saturated rings. The average molecular weight is 371 g/mol. The smallest absolute Gasteiger partial charge is 0.0249 e. The number of allylic oxidation sites excluding steroid dienone is 2. The van der Waals surface area contributed by atoms with E-state index in [1.807, 2.05) is 0 Å².